The van der Waals surface area contributed by atoms with E-state index < -0.39 is 16.3 Å². The lowest BCUT2D eigenvalue weighted by Crippen LogP contribution is -2.40. The molecule has 10 heteroatoms. The topological polar surface area (TPSA) is 104 Å². The van der Waals surface area contributed by atoms with Gasteiger partial charge in [0.1, 0.15) is 5.54 Å². The number of carbonyl (C=O) groups is 1. The molecule has 1 N–H and O–H groups in total. The Bertz CT molecular complexity index is 1330. The summed E-state index contributed by atoms with van der Waals surface area (Å²) in [6, 6.07) is 14.2. The Balaban J connectivity index is 0.000000186. The number of rotatable bonds is 5. The lowest BCUT2D eigenvalue weighted by atomic mass is 9.88. The number of nitrogens with zero attached hydrogens (tertiary/aromatic N) is 5. The maximum absolute atomic E-state index is 11.8. The van der Waals surface area contributed by atoms with Crippen LogP contribution < -0.4 is 10.2 Å². The number of nitrogens with one attached hydrogen (secondary N) is 1. The van der Waals surface area contributed by atoms with Crippen LogP contribution in [0.4, 0.5) is 5.69 Å². The van der Waals surface area contributed by atoms with Crippen LogP contribution in [0.5, 0.6) is 0 Å². The molecule has 0 radical (unpaired) electrons. The molecule has 0 spiro atoms. The fraction of sp³-hybridized carbons (Fsp3) is 0.448. The standard InChI is InChI=1S/C18H17ClN4OS.C11H16N2O/c19-16-3-6-18(20-12-16)23-13-15(11-21-23)14-1-4-17(5-2-14)22-7-9-25(24)10-8-22;12-8-11(6-7-11)13-10(14)9-4-2-1-3-5-9/h1-6,11-13H,7-10H2;9H,1-7H2,(H,13,14). The Labute approximate surface area is 236 Å². The van der Waals surface area contributed by atoms with Gasteiger partial charge in [0.05, 0.1) is 17.3 Å². The number of anilines is 1. The largest absolute Gasteiger partial charge is 0.370 e. The summed E-state index contributed by atoms with van der Waals surface area (Å²) in [6.07, 6.45) is 12.7. The Kier molecular flexibility index (Phi) is 8.63. The van der Waals surface area contributed by atoms with Gasteiger partial charge in [0.15, 0.2) is 5.82 Å². The van der Waals surface area contributed by atoms with Crippen molar-refractivity contribution in [2.75, 3.05) is 29.5 Å². The minimum atomic E-state index is -0.653. The van der Waals surface area contributed by atoms with Crippen molar-refractivity contribution < 1.29 is 9.00 Å². The van der Waals surface area contributed by atoms with Gasteiger partial charge in [-0.05, 0) is 55.5 Å². The van der Waals surface area contributed by atoms with E-state index >= 15 is 0 Å². The molecule has 1 aliphatic heterocycles. The number of pyridine rings is 1. The number of nitriles is 1. The van der Waals surface area contributed by atoms with Gasteiger partial charge in [-0.1, -0.05) is 43.0 Å². The second kappa shape index (κ2) is 12.3. The predicted molar refractivity (Wildman–Crippen MR) is 154 cm³/mol. The van der Waals surface area contributed by atoms with Crippen LogP contribution in [0.15, 0.2) is 55.0 Å². The van der Waals surface area contributed by atoms with E-state index in [9.17, 15) is 9.00 Å². The van der Waals surface area contributed by atoms with Crippen LogP contribution in [0.3, 0.4) is 0 Å². The third-order valence-electron chi connectivity index (χ3n) is 7.58. The fourth-order valence-corrected chi connectivity index (χ4v) is 6.12. The van der Waals surface area contributed by atoms with Crippen LogP contribution in [0.2, 0.25) is 5.02 Å². The Hall–Kier alpha value is -3.22. The SMILES string of the molecule is N#CC1(NC(=O)C2CCCCC2)CC1.O=S1CCN(c2ccc(-c3cnn(-c4ccc(Cl)cn4)c3)cc2)CC1. The summed E-state index contributed by atoms with van der Waals surface area (Å²) in [5.74, 6) is 2.53. The van der Waals surface area contributed by atoms with Crippen molar-refractivity contribution in [3.05, 3.63) is 60.0 Å². The van der Waals surface area contributed by atoms with Gasteiger partial charge < -0.3 is 10.2 Å². The highest BCUT2D eigenvalue weighted by molar-refractivity contribution is 7.85. The summed E-state index contributed by atoms with van der Waals surface area (Å²) in [7, 11) is -0.653. The molecule has 6 rings (SSSR count). The summed E-state index contributed by atoms with van der Waals surface area (Å²) < 4.78 is 13.2. The zero-order chi connectivity index (χ0) is 27.2. The first-order valence-corrected chi connectivity index (χ1v) is 15.4. The van der Waals surface area contributed by atoms with E-state index in [1.165, 1.54) is 12.1 Å². The number of halogens is 1. The Morgan fingerprint density at radius 2 is 1.74 bits per heavy atom. The molecule has 8 nitrogen and oxygen atoms in total. The van der Waals surface area contributed by atoms with Gasteiger partial charge in [-0.3, -0.25) is 9.00 Å². The van der Waals surface area contributed by atoms with Crippen molar-refractivity contribution >= 4 is 34.0 Å². The van der Waals surface area contributed by atoms with Gasteiger partial charge >= 0.3 is 0 Å². The van der Waals surface area contributed by atoms with Crippen molar-refractivity contribution in [2.24, 2.45) is 5.92 Å². The van der Waals surface area contributed by atoms with Crippen LogP contribution in [-0.2, 0) is 15.6 Å². The molecule has 0 atom stereocenters. The minimum absolute atomic E-state index is 0.115. The monoisotopic (exact) mass is 564 g/mol. The van der Waals surface area contributed by atoms with E-state index in [1.807, 2.05) is 18.5 Å². The highest BCUT2D eigenvalue weighted by Gasteiger charge is 2.45. The van der Waals surface area contributed by atoms with Gasteiger partial charge in [-0.25, -0.2) is 9.67 Å². The maximum atomic E-state index is 11.8. The molecule has 204 valence electrons. The average molecular weight is 565 g/mol. The van der Waals surface area contributed by atoms with Gasteiger partial charge in [-0.15, -0.1) is 0 Å². The van der Waals surface area contributed by atoms with E-state index in [2.05, 4.69) is 50.6 Å². The summed E-state index contributed by atoms with van der Waals surface area (Å²) in [5.41, 5.74) is 2.83. The normalized spacial score (nSPS) is 18.9. The fourth-order valence-electron chi connectivity index (χ4n) is 4.95. The van der Waals surface area contributed by atoms with E-state index in [-0.39, 0.29) is 11.8 Å². The molecule has 1 aromatic carbocycles. The van der Waals surface area contributed by atoms with Crippen molar-refractivity contribution in [1.29, 1.82) is 5.26 Å². The molecule has 2 aliphatic carbocycles. The molecule has 0 unspecified atom stereocenters. The summed E-state index contributed by atoms with van der Waals surface area (Å²) in [5, 5.41) is 16.7. The summed E-state index contributed by atoms with van der Waals surface area (Å²) in [6.45, 7) is 1.71. The minimum Gasteiger partial charge on any atom is -0.370 e. The van der Waals surface area contributed by atoms with Crippen molar-refractivity contribution in [3.63, 3.8) is 0 Å². The second-order valence-corrected chi connectivity index (χ2v) is 12.5. The molecule has 3 heterocycles. The molecule has 39 heavy (non-hydrogen) atoms. The highest BCUT2D eigenvalue weighted by Crippen LogP contribution is 2.35. The van der Waals surface area contributed by atoms with Crippen molar-refractivity contribution in [3.8, 4) is 23.0 Å². The molecule has 2 aromatic heterocycles. The van der Waals surface area contributed by atoms with E-state index in [1.54, 1.807) is 16.9 Å². The molecule has 3 aliphatic rings. The number of amides is 1. The van der Waals surface area contributed by atoms with Crippen LogP contribution in [0.25, 0.3) is 16.9 Å². The first kappa shape index (κ1) is 27.4. The molecule has 3 aromatic rings. The third-order valence-corrected chi connectivity index (χ3v) is 9.07. The molecule has 3 fully saturated rings. The van der Waals surface area contributed by atoms with Crippen LogP contribution in [0, 0.1) is 17.2 Å². The Morgan fingerprint density at radius 1 is 1.03 bits per heavy atom. The first-order chi connectivity index (χ1) is 18.9. The lowest BCUT2D eigenvalue weighted by molar-refractivity contribution is -0.126. The molecular weight excluding hydrogens is 532 g/mol. The van der Waals surface area contributed by atoms with Gasteiger partial charge in [0, 0.05) is 65.0 Å². The average Bonchev–Trinajstić information content (AvgIpc) is 3.58. The summed E-state index contributed by atoms with van der Waals surface area (Å²) >= 11 is 5.87. The third kappa shape index (κ3) is 7.06. The zero-order valence-electron chi connectivity index (χ0n) is 21.9. The second-order valence-electron chi connectivity index (χ2n) is 10.4. The number of hydrogen-bond acceptors (Lipinski definition) is 6. The molecule has 1 amide bonds. The van der Waals surface area contributed by atoms with Crippen LogP contribution in [0.1, 0.15) is 44.9 Å². The van der Waals surface area contributed by atoms with Crippen molar-refractivity contribution in [2.45, 2.75) is 50.5 Å². The number of benzene rings is 1. The van der Waals surface area contributed by atoms with Gasteiger partial charge in [0.2, 0.25) is 5.91 Å². The first-order valence-electron chi connectivity index (χ1n) is 13.5. The lowest BCUT2D eigenvalue weighted by Gasteiger charge is -2.28. The van der Waals surface area contributed by atoms with E-state index in [0.717, 1.165) is 80.1 Å². The van der Waals surface area contributed by atoms with Crippen LogP contribution >= 0.6 is 11.6 Å². The number of hydrogen-bond donors (Lipinski definition) is 1. The predicted octanol–water partition coefficient (Wildman–Crippen LogP) is 4.90. The molecule has 0 bridgehead atoms. The zero-order valence-corrected chi connectivity index (χ0v) is 23.5. The molecule has 1 saturated heterocycles. The Morgan fingerprint density at radius 3 is 2.36 bits per heavy atom. The van der Waals surface area contributed by atoms with Gasteiger partial charge in [0.25, 0.3) is 0 Å². The molecule has 2 saturated carbocycles. The molecular formula is C29H33ClN6O2S. The van der Waals surface area contributed by atoms with Crippen LogP contribution in [-0.4, -0.2) is 55.0 Å². The summed E-state index contributed by atoms with van der Waals surface area (Å²) in [4.78, 5) is 18.3. The number of aromatic nitrogens is 3. The number of carbonyl (C=O) groups excluding carboxylic acids is 1. The van der Waals surface area contributed by atoms with Crippen molar-refractivity contribution in [1.82, 2.24) is 20.1 Å². The smallest absolute Gasteiger partial charge is 0.224 e. The van der Waals surface area contributed by atoms with E-state index in [4.69, 9.17) is 16.9 Å². The van der Waals surface area contributed by atoms with Gasteiger partial charge in [-0.2, -0.15) is 10.4 Å². The quantitative estimate of drug-likeness (QED) is 0.473. The highest BCUT2D eigenvalue weighted by atomic mass is 35.5. The van der Waals surface area contributed by atoms with E-state index in [0.29, 0.717) is 5.02 Å². The maximum Gasteiger partial charge on any atom is 0.224 e.